The van der Waals surface area contributed by atoms with Crippen molar-refractivity contribution in [2.75, 3.05) is 20.6 Å². The van der Waals surface area contributed by atoms with Gasteiger partial charge in [0, 0.05) is 46.7 Å². The van der Waals surface area contributed by atoms with Crippen molar-refractivity contribution in [3.05, 3.63) is 70.8 Å². The Balaban J connectivity index is 0.00000300. The maximum absolute atomic E-state index is 11.8. The molecule has 0 radical (unpaired) electrons. The SMILES string of the molecule is CN=C(NCc1ccc(CN2CCCC2=O)cc1)N(C)Cc1ccc(C)cc1.I. The van der Waals surface area contributed by atoms with Gasteiger partial charge in [0.05, 0.1) is 0 Å². The smallest absolute Gasteiger partial charge is 0.222 e. The van der Waals surface area contributed by atoms with Crippen molar-refractivity contribution < 1.29 is 4.79 Å². The fraction of sp³-hybridized carbons (Fsp3) is 0.391. The van der Waals surface area contributed by atoms with E-state index < -0.39 is 0 Å². The Morgan fingerprint density at radius 2 is 1.69 bits per heavy atom. The number of nitrogens with zero attached hydrogens (tertiary/aromatic N) is 3. The predicted octanol–water partition coefficient (Wildman–Crippen LogP) is 3.94. The highest BCUT2D eigenvalue weighted by atomic mass is 127. The van der Waals surface area contributed by atoms with Gasteiger partial charge in [-0.05, 0) is 30.0 Å². The van der Waals surface area contributed by atoms with Crippen molar-refractivity contribution in [2.45, 2.75) is 39.4 Å². The number of halogens is 1. The lowest BCUT2D eigenvalue weighted by Crippen LogP contribution is -2.38. The number of hydrogen-bond donors (Lipinski definition) is 1. The number of rotatable bonds is 6. The van der Waals surface area contributed by atoms with Gasteiger partial charge in [-0.1, -0.05) is 54.1 Å². The lowest BCUT2D eigenvalue weighted by molar-refractivity contribution is -0.128. The highest BCUT2D eigenvalue weighted by molar-refractivity contribution is 14.0. The van der Waals surface area contributed by atoms with E-state index in [0.717, 1.165) is 25.5 Å². The maximum Gasteiger partial charge on any atom is 0.222 e. The Morgan fingerprint density at radius 3 is 2.28 bits per heavy atom. The van der Waals surface area contributed by atoms with E-state index in [9.17, 15) is 4.79 Å². The first kappa shape index (κ1) is 23.2. The van der Waals surface area contributed by atoms with Crippen molar-refractivity contribution in [3.8, 4) is 0 Å². The first-order chi connectivity index (χ1) is 13.5. The largest absolute Gasteiger partial charge is 0.352 e. The highest BCUT2D eigenvalue weighted by Gasteiger charge is 2.19. The molecule has 156 valence electrons. The second-order valence-electron chi connectivity index (χ2n) is 7.48. The molecule has 5 nitrogen and oxygen atoms in total. The van der Waals surface area contributed by atoms with E-state index in [1.54, 1.807) is 0 Å². The summed E-state index contributed by atoms with van der Waals surface area (Å²) in [5.74, 6) is 1.14. The van der Waals surface area contributed by atoms with E-state index in [2.05, 4.69) is 70.7 Å². The number of aliphatic imine (C=N–C) groups is 1. The highest BCUT2D eigenvalue weighted by Crippen LogP contribution is 2.15. The van der Waals surface area contributed by atoms with Gasteiger partial charge in [0.15, 0.2) is 5.96 Å². The summed E-state index contributed by atoms with van der Waals surface area (Å²) in [7, 11) is 3.86. The number of hydrogen-bond acceptors (Lipinski definition) is 2. The summed E-state index contributed by atoms with van der Waals surface area (Å²) in [6.07, 6.45) is 1.67. The van der Waals surface area contributed by atoms with Gasteiger partial charge in [0.1, 0.15) is 0 Å². The summed E-state index contributed by atoms with van der Waals surface area (Å²) < 4.78 is 0. The molecule has 1 fully saturated rings. The number of amides is 1. The second-order valence-corrected chi connectivity index (χ2v) is 7.48. The molecule has 3 rings (SSSR count). The third kappa shape index (κ3) is 6.73. The van der Waals surface area contributed by atoms with Crippen LogP contribution in [0.15, 0.2) is 53.5 Å². The number of carbonyl (C=O) groups is 1. The van der Waals surface area contributed by atoms with E-state index in [1.165, 1.54) is 22.3 Å². The average molecular weight is 506 g/mol. The second kappa shape index (κ2) is 11.2. The van der Waals surface area contributed by atoms with Crippen LogP contribution in [0, 0.1) is 6.92 Å². The van der Waals surface area contributed by atoms with Gasteiger partial charge in [-0.2, -0.15) is 0 Å². The van der Waals surface area contributed by atoms with Crippen LogP contribution in [0.1, 0.15) is 35.1 Å². The molecule has 1 heterocycles. The molecular formula is C23H31IN4O. The van der Waals surface area contributed by atoms with Crippen LogP contribution in [-0.2, 0) is 24.4 Å². The summed E-state index contributed by atoms with van der Waals surface area (Å²) in [4.78, 5) is 20.2. The van der Waals surface area contributed by atoms with Crippen molar-refractivity contribution in [3.63, 3.8) is 0 Å². The molecule has 1 N–H and O–H groups in total. The van der Waals surface area contributed by atoms with Gasteiger partial charge in [-0.15, -0.1) is 24.0 Å². The van der Waals surface area contributed by atoms with Crippen LogP contribution >= 0.6 is 24.0 Å². The van der Waals surface area contributed by atoms with Crippen LogP contribution < -0.4 is 5.32 Å². The van der Waals surface area contributed by atoms with Crippen molar-refractivity contribution >= 4 is 35.8 Å². The number of nitrogens with one attached hydrogen (secondary N) is 1. The Kier molecular flexibility index (Phi) is 8.95. The molecule has 0 aliphatic carbocycles. The van der Waals surface area contributed by atoms with Gasteiger partial charge < -0.3 is 15.1 Å². The monoisotopic (exact) mass is 506 g/mol. The molecule has 0 atom stereocenters. The van der Waals surface area contributed by atoms with Gasteiger partial charge >= 0.3 is 0 Å². The summed E-state index contributed by atoms with van der Waals surface area (Å²) >= 11 is 0. The van der Waals surface area contributed by atoms with E-state index in [-0.39, 0.29) is 29.9 Å². The zero-order valence-electron chi connectivity index (χ0n) is 17.5. The number of aryl methyl sites for hydroxylation is 1. The number of benzene rings is 2. The molecule has 0 bridgehead atoms. The zero-order valence-corrected chi connectivity index (χ0v) is 19.8. The first-order valence-corrected chi connectivity index (χ1v) is 9.88. The molecule has 1 saturated heterocycles. The Bertz CT molecular complexity index is 818. The minimum atomic E-state index is 0. The Morgan fingerprint density at radius 1 is 1.07 bits per heavy atom. The fourth-order valence-corrected chi connectivity index (χ4v) is 3.46. The summed E-state index contributed by atoms with van der Waals surface area (Å²) in [5.41, 5.74) is 4.91. The van der Waals surface area contributed by atoms with Crippen molar-refractivity contribution in [1.82, 2.24) is 15.1 Å². The Labute approximate surface area is 191 Å². The van der Waals surface area contributed by atoms with Crippen LogP contribution in [0.2, 0.25) is 0 Å². The van der Waals surface area contributed by atoms with Crippen molar-refractivity contribution in [2.24, 2.45) is 4.99 Å². The summed E-state index contributed by atoms with van der Waals surface area (Å²) in [6, 6.07) is 17.0. The summed E-state index contributed by atoms with van der Waals surface area (Å²) in [5, 5.41) is 3.43. The van der Waals surface area contributed by atoms with Crippen LogP contribution in [0.25, 0.3) is 0 Å². The lowest BCUT2D eigenvalue weighted by Gasteiger charge is -2.22. The third-order valence-electron chi connectivity index (χ3n) is 5.13. The van der Waals surface area contributed by atoms with E-state index in [1.807, 2.05) is 19.0 Å². The number of guanidine groups is 1. The molecule has 0 aromatic heterocycles. The molecule has 0 saturated carbocycles. The standard InChI is InChI=1S/C23H30N4O.HI/c1-18-6-8-20(9-7-18)16-26(3)23(24-2)25-15-19-10-12-21(13-11-19)17-27-14-4-5-22(27)28;/h6-13H,4-5,14-17H2,1-3H3,(H,24,25);1H. The van der Waals surface area contributed by atoms with Crippen LogP contribution in [0.4, 0.5) is 0 Å². The predicted molar refractivity (Wildman–Crippen MR) is 129 cm³/mol. The topological polar surface area (TPSA) is 47.9 Å². The number of carbonyl (C=O) groups excluding carboxylic acids is 1. The molecule has 0 unspecified atom stereocenters. The molecule has 2 aromatic carbocycles. The molecular weight excluding hydrogens is 475 g/mol. The van der Waals surface area contributed by atoms with Gasteiger partial charge in [-0.25, -0.2) is 0 Å². The molecule has 29 heavy (non-hydrogen) atoms. The molecule has 0 spiro atoms. The lowest BCUT2D eigenvalue weighted by atomic mass is 10.1. The van der Waals surface area contributed by atoms with Gasteiger partial charge in [-0.3, -0.25) is 9.79 Å². The zero-order chi connectivity index (χ0) is 19.9. The van der Waals surface area contributed by atoms with Crippen LogP contribution in [0.5, 0.6) is 0 Å². The fourth-order valence-electron chi connectivity index (χ4n) is 3.46. The molecule has 1 amide bonds. The molecule has 1 aliphatic rings. The molecule has 6 heteroatoms. The molecule has 1 aliphatic heterocycles. The van der Waals surface area contributed by atoms with Crippen molar-refractivity contribution in [1.29, 1.82) is 0 Å². The van der Waals surface area contributed by atoms with E-state index >= 15 is 0 Å². The Hall–Kier alpha value is -2.09. The average Bonchev–Trinajstić information content (AvgIpc) is 3.10. The van der Waals surface area contributed by atoms with Gasteiger partial charge in [0.25, 0.3) is 0 Å². The third-order valence-corrected chi connectivity index (χ3v) is 5.13. The minimum Gasteiger partial charge on any atom is -0.352 e. The normalized spacial score (nSPS) is 14.0. The maximum atomic E-state index is 11.8. The summed E-state index contributed by atoms with van der Waals surface area (Å²) in [6.45, 7) is 5.22. The number of likely N-dealkylation sites (tertiary alicyclic amines) is 1. The van der Waals surface area contributed by atoms with Gasteiger partial charge in [0.2, 0.25) is 5.91 Å². The minimum absolute atomic E-state index is 0. The quantitative estimate of drug-likeness (QED) is 0.367. The molecule has 2 aromatic rings. The van der Waals surface area contributed by atoms with E-state index in [4.69, 9.17) is 0 Å². The van der Waals surface area contributed by atoms with Crippen LogP contribution in [0.3, 0.4) is 0 Å². The first-order valence-electron chi connectivity index (χ1n) is 9.88. The van der Waals surface area contributed by atoms with E-state index in [0.29, 0.717) is 19.5 Å². The van der Waals surface area contributed by atoms with Crippen LogP contribution in [-0.4, -0.2) is 42.3 Å².